The zero-order chi connectivity index (χ0) is 16.5. The quantitative estimate of drug-likeness (QED) is 0.865. The van der Waals surface area contributed by atoms with E-state index in [0.29, 0.717) is 23.8 Å². The van der Waals surface area contributed by atoms with Crippen LogP contribution in [0.25, 0.3) is 0 Å². The predicted octanol–water partition coefficient (Wildman–Crippen LogP) is 2.94. The van der Waals surface area contributed by atoms with E-state index in [4.69, 9.17) is 4.42 Å². The van der Waals surface area contributed by atoms with Gasteiger partial charge in [0.15, 0.2) is 0 Å². The van der Waals surface area contributed by atoms with Crippen LogP contribution in [-0.2, 0) is 0 Å². The highest BCUT2D eigenvalue weighted by Crippen LogP contribution is 2.34. The first-order valence-electron chi connectivity index (χ1n) is 8.69. The SMILES string of the molecule is Cc1oc2c(c1C(=O)NCCC1=CCCCC1)C1=NCCN1C=N2. The first-order valence-corrected chi connectivity index (χ1v) is 8.69. The number of amidine groups is 1. The van der Waals surface area contributed by atoms with Crippen molar-refractivity contribution in [1.82, 2.24) is 10.2 Å². The Morgan fingerprint density at radius 3 is 3.17 bits per heavy atom. The maximum Gasteiger partial charge on any atom is 0.255 e. The smallest absolute Gasteiger partial charge is 0.255 e. The lowest BCUT2D eigenvalue weighted by atomic mass is 9.97. The third-order valence-corrected chi connectivity index (χ3v) is 4.82. The molecule has 1 N–H and O–H groups in total. The fraction of sp³-hybridized carbons (Fsp3) is 0.500. The second-order valence-electron chi connectivity index (χ2n) is 6.47. The highest BCUT2D eigenvalue weighted by molar-refractivity contribution is 6.17. The summed E-state index contributed by atoms with van der Waals surface area (Å²) in [7, 11) is 0. The number of nitrogens with zero attached hydrogens (tertiary/aromatic N) is 3. The molecule has 6 nitrogen and oxygen atoms in total. The van der Waals surface area contributed by atoms with Gasteiger partial charge in [0.05, 0.1) is 17.7 Å². The molecule has 0 atom stereocenters. The Morgan fingerprint density at radius 1 is 1.42 bits per heavy atom. The van der Waals surface area contributed by atoms with Crippen molar-refractivity contribution in [3.63, 3.8) is 0 Å². The van der Waals surface area contributed by atoms with Gasteiger partial charge in [0.2, 0.25) is 5.88 Å². The van der Waals surface area contributed by atoms with Gasteiger partial charge in [-0.3, -0.25) is 9.79 Å². The molecule has 0 saturated heterocycles. The average molecular weight is 326 g/mol. The number of rotatable bonds is 4. The molecule has 1 aromatic rings. The van der Waals surface area contributed by atoms with Crippen molar-refractivity contribution in [1.29, 1.82) is 0 Å². The van der Waals surface area contributed by atoms with Gasteiger partial charge in [-0.1, -0.05) is 11.6 Å². The normalized spacial score (nSPS) is 18.8. The summed E-state index contributed by atoms with van der Waals surface area (Å²) >= 11 is 0. The number of amides is 1. The summed E-state index contributed by atoms with van der Waals surface area (Å²) in [4.78, 5) is 23.5. The van der Waals surface area contributed by atoms with E-state index in [2.05, 4.69) is 21.4 Å². The van der Waals surface area contributed by atoms with Gasteiger partial charge in [0, 0.05) is 13.1 Å². The van der Waals surface area contributed by atoms with Crippen LogP contribution in [0.15, 0.2) is 26.1 Å². The first-order chi connectivity index (χ1) is 11.7. The van der Waals surface area contributed by atoms with Crippen LogP contribution in [0.4, 0.5) is 5.88 Å². The molecule has 2 aliphatic heterocycles. The number of aliphatic imine (C=N–C) groups is 2. The van der Waals surface area contributed by atoms with Gasteiger partial charge in [-0.15, -0.1) is 0 Å². The van der Waals surface area contributed by atoms with Crippen LogP contribution in [0, 0.1) is 6.92 Å². The largest absolute Gasteiger partial charge is 0.442 e. The molecular weight excluding hydrogens is 304 g/mol. The molecule has 24 heavy (non-hydrogen) atoms. The Kier molecular flexibility index (Phi) is 3.96. The number of carbonyl (C=O) groups is 1. The van der Waals surface area contributed by atoms with Gasteiger partial charge in [-0.2, -0.15) is 0 Å². The van der Waals surface area contributed by atoms with Crippen molar-refractivity contribution in [2.45, 2.75) is 39.0 Å². The minimum Gasteiger partial charge on any atom is -0.442 e. The second-order valence-corrected chi connectivity index (χ2v) is 6.47. The Labute approximate surface area is 141 Å². The summed E-state index contributed by atoms with van der Waals surface area (Å²) < 4.78 is 5.69. The molecule has 4 rings (SSSR count). The average Bonchev–Trinajstić information content (AvgIpc) is 3.18. The van der Waals surface area contributed by atoms with Gasteiger partial charge in [-0.05, 0) is 39.0 Å². The fourth-order valence-corrected chi connectivity index (χ4v) is 3.58. The molecule has 0 unspecified atom stereocenters. The second kappa shape index (κ2) is 6.26. The molecule has 126 valence electrons. The van der Waals surface area contributed by atoms with Crippen LogP contribution in [0.5, 0.6) is 0 Å². The van der Waals surface area contributed by atoms with Crippen molar-refractivity contribution in [3.05, 3.63) is 28.5 Å². The Balaban J connectivity index is 1.50. The Morgan fingerprint density at radius 2 is 2.33 bits per heavy atom. The molecule has 3 heterocycles. The molecule has 3 aliphatic rings. The molecule has 0 spiro atoms. The van der Waals surface area contributed by atoms with Crippen LogP contribution in [0.1, 0.15) is 53.8 Å². The van der Waals surface area contributed by atoms with E-state index in [1.807, 2.05) is 11.8 Å². The van der Waals surface area contributed by atoms with Gasteiger partial charge in [0.1, 0.15) is 17.9 Å². The summed E-state index contributed by atoms with van der Waals surface area (Å²) in [5.41, 5.74) is 2.77. The topological polar surface area (TPSA) is 70.2 Å². The van der Waals surface area contributed by atoms with Crippen molar-refractivity contribution in [3.8, 4) is 0 Å². The van der Waals surface area contributed by atoms with Crippen molar-refractivity contribution >= 4 is 24.0 Å². The molecule has 1 aliphatic carbocycles. The molecule has 6 heteroatoms. The van der Waals surface area contributed by atoms with E-state index in [1.165, 1.54) is 24.8 Å². The number of carbonyl (C=O) groups excluding carboxylic acids is 1. The van der Waals surface area contributed by atoms with Crippen LogP contribution in [0.3, 0.4) is 0 Å². The standard InChI is InChI=1S/C18H22N4O2/c1-12-14(17(23)20-8-7-13-5-3-2-4-6-13)15-16-19-9-10-22(16)11-21-18(15)24-12/h5,11H,2-4,6-10H2,1H3,(H,20,23). The zero-order valence-corrected chi connectivity index (χ0v) is 14.0. The number of hydrogen-bond acceptors (Lipinski definition) is 5. The van der Waals surface area contributed by atoms with E-state index in [9.17, 15) is 4.79 Å². The number of fused-ring (bicyclic) bond motifs is 3. The summed E-state index contributed by atoms with van der Waals surface area (Å²) in [6, 6.07) is 0. The van der Waals surface area contributed by atoms with Crippen molar-refractivity contribution < 1.29 is 9.21 Å². The molecule has 1 aromatic heterocycles. The summed E-state index contributed by atoms with van der Waals surface area (Å²) in [5.74, 6) is 1.80. The van der Waals surface area contributed by atoms with Crippen LogP contribution in [0.2, 0.25) is 0 Å². The lowest BCUT2D eigenvalue weighted by Crippen LogP contribution is -2.32. The lowest BCUT2D eigenvalue weighted by Gasteiger charge is -2.18. The number of aryl methyl sites for hydroxylation is 1. The predicted molar refractivity (Wildman–Crippen MR) is 93.2 cm³/mol. The number of allylic oxidation sites excluding steroid dienone is 1. The van der Waals surface area contributed by atoms with E-state index in [1.54, 1.807) is 6.34 Å². The minimum atomic E-state index is -0.0967. The number of furan rings is 1. The first kappa shape index (κ1) is 15.2. The maximum absolute atomic E-state index is 12.7. The van der Waals surface area contributed by atoms with Crippen LogP contribution < -0.4 is 5.32 Å². The van der Waals surface area contributed by atoms with Crippen LogP contribution in [-0.4, -0.2) is 42.6 Å². The summed E-state index contributed by atoms with van der Waals surface area (Å²) in [5, 5.41) is 3.04. The highest BCUT2D eigenvalue weighted by Gasteiger charge is 2.33. The third kappa shape index (κ3) is 2.66. The van der Waals surface area contributed by atoms with Gasteiger partial charge in [0.25, 0.3) is 5.91 Å². The van der Waals surface area contributed by atoms with Gasteiger partial charge in [-0.25, -0.2) is 4.99 Å². The summed E-state index contributed by atoms with van der Waals surface area (Å²) in [6.07, 6.45) is 9.86. The molecule has 0 aromatic carbocycles. The Hall–Kier alpha value is -2.37. The number of hydrogen-bond donors (Lipinski definition) is 1. The van der Waals surface area contributed by atoms with Crippen molar-refractivity contribution in [2.75, 3.05) is 19.6 Å². The van der Waals surface area contributed by atoms with Gasteiger partial charge < -0.3 is 14.6 Å². The van der Waals surface area contributed by atoms with Gasteiger partial charge >= 0.3 is 0 Å². The number of nitrogens with one attached hydrogen (secondary N) is 1. The molecular formula is C18H22N4O2. The fourth-order valence-electron chi connectivity index (χ4n) is 3.58. The van der Waals surface area contributed by atoms with E-state index >= 15 is 0 Å². The third-order valence-electron chi connectivity index (χ3n) is 4.82. The monoisotopic (exact) mass is 326 g/mol. The van der Waals surface area contributed by atoms with E-state index in [-0.39, 0.29) is 5.91 Å². The van der Waals surface area contributed by atoms with E-state index in [0.717, 1.165) is 37.3 Å². The molecule has 0 radical (unpaired) electrons. The van der Waals surface area contributed by atoms with E-state index < -0.39 is 0 Å². The molecule has 0 fully saturated rings. The maximum atomic E-state index is 12.7. The molecule has 0 saturated carbocycles. The molecule has 0 bridgehead atoms. The van der Waals surface area contributed by atoms with Crippen LogP contribution >= 0.6 is 0 Å². The highest BCUT2D eigenvalue weighted by atomic mass is 16.4. The minimum absolute atomic E-state index is 0.0967. The summed E-state index contributed by atoms with van der Waals surface area (Å²) in [6.45, 7) is 3.99. The Bertz CT molecular complexity index is 757. The zero-order valence-electron chi connectivity index (χ0n) is 14.0. The van der Waals surface area contributed by atoms with Crippen molar-refractivity contribution in [2.24, 2.45) is 9.98 Å². The lowest BCUT2D eigenvalue weighted by molar-refractivity contribution is 0.0952. The molecule has 1 amide bonds.